The number of pyridine rings is 1. The van der Waals surface area contributed by atoms with E-state index in [1.807, 2.05) is 31.2 Å². The van der Waals surface area contributed by atoms with Gasteiger partial charge in [-0.3, -0.25) is 4.79 Å². The Morgan fingerprint density at radius 3 is 3.00 bits per heavy atom. The van der Waals surface area contributed by atoms with Crippen LogP contribution in [-0.2, 0) is 4.79 Å². The second-order valence-corrected chi connectivity index (χ2v) is 6.00. The number of hydrogen-bond acceptors (Lipinski definition) is 6. The van der Waals surface area contributed by atoms with Gasteiger partial charge in [0.05, 0.1) is 12.1 Å². The lowest BCUT2D eigenvalue weighted by molar-refractivity contribution is -0.137. The van der Waals surface area contributed by atoms with E-state index < -0.39 is 5.97 Å². The van der Waals surface area contributed by atoms with Crippen molar-refractivity contribution >= 4 is 17.6 Å². The van der Waals surface area contributed by atoms with E-state index in [9.17, 15) is 4.79 Å². The first-order valence-electron chi connectivity index (χ1n) is 8.08. The van der Waals surface area contributed by atoms with Crippen molar-refractivity contribution in [2.24, 2.45) is 0 Å². The maximum absolute atomic E-state index is 10.7. The Morgan fingerprint density at radius 2 is 2.25 bits per heavy atom. The van der Waals surface area contributed by atoms with Crippen LogP contribution in [0.5, 0.6) is 0 Å². The van der Waals surface area contributed by atoms with Crippen molar-refractivity contribution in [2.45, 2.75) is 25.7 Å². The average Bonchev–Trinajstić information content (AvgIpc) is 3.02. The SMILES string of the molecule is Cc1nc(Nc2ccccn2)cc(C2CCN(CCC(=O)O)C2)n1. The fraction of sp³-hybridized carbons (Fsp3) is 0.412. The van der Waals surface area contributed by atoms with E-state index in [-0.39, 0.29) is 6.42 Å². The van der Waals surface area contributed by atoms with E-state index in [1.54, 1.807) is 6.20 Å². The van der Waals surface area contributed by atoms with Crippen LogP contribution in [0.15, 0.2) is 30.5 Å². The summed E-state index contributed by atoms with van der Waals surface area (Å²) in [7, 11) is 0. The number of nitrogens with zero attached hydrogens (tertiary/aromatic N) is 4. The van der Waals surface area contributed by atoms with Gasteiger partial charge in [0.2, 0.25) is 0 Å². The summed E-state index contributed by atoms with van der Waals surface area (Å²) in [5, 5.41) is 12.0. The molecule has 1 fully saturated rings. The number of likely N-dealkylation sites (tertiary alicyclic amines) is 1. The summed E-state index contributed by atoms with van der Waals surface area (Å²) in [6.45, 7) is 4.22. The number of rotatable bonds is 6. The van der Waals surface area contributed by atoms with Crippen molar-refractivity contribution in [3.63, 3.8) is 0 Å². The number of carboxylic acids is 1. The molecular weight excluding hydrogens is 306 g/mol. The quantitative estimate of drug-likeness (QED) is 0.840. The Morgan fingerprint density at radius 1 is 1.38 bits per heavy atom. The number of carbonyl (C=O) groups is 1. The van der Waals surface area contributed by atoms with Crippen molar-refractivity contribution < 1.29 is 9.90 Å². The van der Waals surface area contributed by atoms with E-state index in [0.717, 1.165) is 42.7 Å². The van der Waals surface area contributed by atoms with Crippen LogP contribution in [0, 0.1) is 6.92 Å². The summed E-state index contributed by atoms with van der Waals surface area (Å²) >= 11 is 0. The molecule has 1 saturated heterocycles. The normalized spacial score (nSPS) is 17.8. The lowest BCUT2D eigenvalue weighted by Gasteiger charge is -2.15. The molecule has 1 aliphatic heterocycles. The van der Waals surface area contributed by atoms with Crippen LogP contribution < -0.4 is 5.32 Å². The van der Waals surface area contributed by atoms with E-state index in [2.05, 4.69) is 25.2 Å². The summed E-state index contributed by atoms with van der Waals surface area (Å²) in [6, 6.07) is 7.64. The molecule has 7 heteroatoms. The molecule has 24 heavy (non-hydrogen) atoms. The number of aryl methyl sites for hydroxylation is 1. The van der Waals surface area contributed by atoms with Gasteiger partial charge in [-0.05, 0) is 32.0 Å². The predicted octanol–water partition coefficient (Wildman–Crippen LogP) is 2.19. The smallest absolute Gasteiger partial charge is 0.304 e. The first kappa shape index (κ1) is 16.3. The van der Waals surface area contributed by atoms with Crippen molar-refractivity contribution in [3.8, 4) is 0 Å². The van der Waals surface area contributed by atoms with Crippen LogP contribution in [-0.4, -0.2) is 50.6 Å². The van der Waals surface area contributed by atoms with E-state index in [0.29, 0.717) is 12.5 Å². The van der Waals surface area contributed by atoms with Gasteiger partial charge in [-0.15, -0.1) is 0 Å². The molecule has 1 aliphatic rings. The minimum atomic E-state index is -0.752. The summed E-state index contributed by atoms with van der Waals surface area (Å²) in [4.78, 5) is 26.1. The minimum Gasteiger partial charge on any atom is -0.481 e. The molecule has 0 aliphatic carbocycles. The molecule has 1 atom stereocenters. The molecule has 126 valence electrons. The van der Waals surface area contributed by atoms with Gasteiger partial charge in [0.25, 0.3) is 0 Å². The first-order valence-corrected chi connectivity index (χ1v) is 8.08. The topological polar surface area (TPSA) is 91.2 Å². The summed E-state index contributed by atoms with van der Waals surface area (Å²) < 4.78 is 0. The molecule has 0 bridgehead atoms. The van der Waals surface area contributed by atoms with Crippen molar-refractivity contribution in [1.82, 2.24) is 19.9 Å². The van der Waals surface area contributed by atoms with Gasteiger partial charge < -0.3 is 15.3 Å². The van der Waals surface area contributed by atoms with Gasteiger partial charge in [-0.2, -0.15) is 0 Å². The molecule has 2 aromatic rings. The lowest BCUT2D eigenvalue weighted by Crippen LogP contribution is -2.23. The molecular formula is C17H21N5O2. The highest BCUT2D eigenvalue weighted by atomic mass is 16.4. The number of aliphatic carboxylic acids is 1. The standard InChI is InChI=1S/C17H21N5O2/c1-12-19-14(13-5-8-22(11-13)9-6-17(23)24)10-16(20-12)21-15-4-2-3-7-18-15/h2-4,7,10,13H,5-6,8-9,11H2,1H3,(H,23,24)(H,18,19,20,21). The molecule has 7 nitrogen and oxygen atoms in total. The van der Waals surface area contributed by atoms with E-state index in [1.165, 1.54) is 0 Å². The highest BCUT2D eigenvalue weighted by Crippen LogP contribution is 2.27. The highest BCUT2D eigenvalue weighted by molar-refractivity contribution is 5.66. The largest absolute Gasteiger partial charge is 0.481 e. The molecule has 1 unspecified atom stereocenters. The van der Waals surface area contributed by atoms with Crippen molar-refractivity contribution in [1.29, 1.82) is 0 Å². The maximum Gasteiger partial charge on any atom is 0.304 e. The molecule has 2 aromatic heterocycles. The monoisotopic (exact) mass is 327 g/mol. The maximum atomic E-state index is 10.7. The second kappa shape index (κ2) is 7.35. The Labute approximate surface area is 140 Å². The zero-order chi connectivity index (χ0) is 16.9. The summed E-state index contributed by atoms with van der Waals surface area (Å²) in [5.74, 6) is 1.76. The Bertz CT molecular complexity index is 707. The van der Waals surface area contributed by atoms with E-state index in [4.69, 9.17) is 5.11 Å². The van der Waals surface area contributed by atoms with Crippen LogP contribution >= 0.6 is 0 Å². The van der Waals surface area contributed by atoms with Crippen LogP contribution in [0.25, 0.3) is 0 Å². The van der Waals surface area contributed by atoms with Gasteiger partial charge in [0, 0.05) is 31.3 Å². The highest BCUT2D eigenvalue weighted by Gasteiger charge is 2.25. The molecule has 2 N–H and O–H groups in total. The van der Waals surface area contributed by atoms with E-state index >= 15 is 0 Å². The molecule has 0 amide bonds. The van der Waals surface area contributed by atoms with Crippen LogP contribution in [0.2, 0.25) is 0 Å². The third-order valence-corrected chi connectivity index (χ3v) is 4.11. The zero-order valence-electron chi connectivity index (χ0n) is 13.6. The minimum absolute atomic E-state index is 0.183. The van der Waals surface area contributed by atoms with Gasteiger partial charge >= 0.3 is 5.97 Å². The predicted molar refractivity (Wildman–Crippen MR) is 90.3 cm³/mol. The van der Waals surface area contributed by atoms with Crippen molar-refractivity contribution in [3.05, 3.63) is 42.0 Å². The Balaban J connectivity index is 1.69. The van der Waals surface area contributed by atoms with Crippen molar-refractivity contribution in [2.75, 3.05) is 25.0 Å². The third-order valence-electron chi connectivity index (χ3n) is 4.11. The molecule has 3 rings (SSSR count). The average molecular weight is 327 g/mol. The molecule has 0 spiro atoms. The Hall–Kier alpha value is -2.54. The Kier molecular flexibility index (Phi) is 5.00. The van der Waals surface area contributed by atoms with Crippen LogP contribution in [0.4, 0.5) is 11.6 Å². The lowest BCUT2D eigenvalue weighted by atomic mass is 10.0. The number of aromatic nitrogens is 3. The molecule has 0 radical (unpaired) electrons. The summed E-state index contributed by atoms with van der Waals surface area (Å²) in [6.07, 6.45) is 2.90. The number of nitrogens with one attached hydrogen (secondary N) is 1. The zero-order valence-corrected chi connectivity index (χ0v) is 13.6. The van der Waals surface area contributed by atoms with Gasteiger partial charge in [0.1, 0.15) is 17.5 Å². The molecule has 0 saturated carbocycles. The number of hydrogen-bond donors (Lipinski definition) is 2. The third kappa shape index (κ3) is 4.26. The summed E-state index contributed by atoms with van der Waals surface area (Å²) in [5.41, 5.74) is 0.999. The fourth-order valence-electron chi connectivity index (χ4n) is 2.96. The molecule has 3 heterocycles. The molecule has 0 aromatic carbocycles. The van der Waals surface area contributed by atoms with Crippen LogP contribution in [0.3, 0.4) is 0 Å². The number of carboxylic acid groups (broad SMARTS) is 1. The fourth-order valence-corrected chi connectivity index (χ4v) is 2.96. The first-order chi connectivity index (χ1) is 11.6. The second-order valence-electron chi connectivity index (χ2n) is 6.00. The van der Waals surface area contributed by atoms with Gasteiger partial charge in [-0.1, -0.05) is 6.07 Å². The van der Waals surface area contributed by atoms with Gasteiger partial charge in [-0.25, -0.2) is 15.0 Å². The number of anilines is 2. The van der Waals surface area contributed by atoms with Gasteiger partial charge in [0.15, 0.2) is 0 Å². The van der Waals surface area contributed by atoms with Crippen LogP contribution in [0.1, 0.15) is 30.3 Å².